The molecular formula is C27H22FN3O2. The molecule has 6 heteroatoms. The van der Waals surface area contributed by atoms with Gasteiger partial charge in [0.1, 0.15) is 5.82 Å². The van der Waals surface area contributed by atoms with Gasteiger partial charge < -0.3 is 4.57 Å². The van der Waals surface area contributed by atoms with Crippen molar-refractivity contribution in [1.29, 1.82) is 0 Å². The molecule has 1 saturated heterocycles. The summed E-state index contributed by atoms with van der Waals surface area (Å²) in [6.07, 6.45) is 9.08. The van der Waals surface area contributed by atoms with Gasteiger partial charge in [-0.15, -0.1) is 0 Å². The number of fused-ring (bicyclic) bond motifs is 1. The van der Waals surface area contributed by atoms with Crippen LogP contribution in [0, 0.1) is 41.3 Å². The highest BCUT2D eigenvalue weighted by Crippen LogP contribution is 2.65. The van der Waals surface area contributed by atoms with Crippen LogP contribution in [-0.2, 0) is 16.1 Å². The van der Waals surface area contributed by atoms with E-state index in [-0.39, 0.29) is 41.3 Å². The summed E-state index contributed by atoms with van der Waals surface area (Å²) in [4.78, 5) is 26.4. The number of aromatic nitrogens is 1. The first-order valence-electron chi connectivity index (χ1n) is 11.5. The summed E-state index contributed by atoms with van der Waals surface area (Å²) >= 11 is 0. The van der Waals surface area contributed by atoms with Gasteiger partial charge in [0, 0.05) is 29.2 Å². The molecule has 5 aliphatic rings. The highest BCUT2D eigenvalue weighted by atomic mass is 19.1. The molecule has 2 bridgehead atoms. The number of para-hydroxylation sites is 1. The van der Waals surface area contributed by atoms with Crippen molar-refractivity contribution in [2.24, 2.45) is 40.6 Å². The number of allylic oxidation sites excluding steroid dienone is 2. The quantitative estimate of drug-likeness (QED) is 0.347. The van der Waals surface area contributed by atoms with E-state index in [9.17, 15) is 14.0 Å². The monoisotopic (exact) mass is 439 g/mol. The Morgan fingerprint density at radius 3 is 2.30 bits per heavy atom. The van der Waals surface area contributed by atoms with Crippen LogP contribution >= 0.6 is 0 Å². The first-order chi connectivity index (χ1) is 16.1. The molecule has 2 saturated carbocycles. The number of benzene rings is 2. The predicted molar refractivity (Wildman–Crippen MR) is 122 cm³/mol. The molecule has 1 aromatic heterocycles. The second-order valence-electron chi connectivity index (χ2n) is 9.74. The molecule has 8 rings (SSSR count). The molecule has 2 amide bonds. The number of hydrazone groups is 1. The Morgan fingerprint density at radius 2 is 1.61 bits per heavy atom. The van der Waals surface area contributed by atoms with E-state index in [2.05, 4.69) is 21.8 Å². The van der Waals surface area contributed by atoms with E-state index in [0.717, 1.165) is 33.5 Å². The van der Waals surface area contributed by atoms with Crippen LogP contribution in [0.15, 0.2) is 72.0 Å². The average Bonchev–Trinajstić information content (AvgIpc) is 3.54. The maximum atomic E-state index is 13.3. The SMILES string of the molecule is O=C1[C@@H]2[C@H]3C=C[C@@H]([C@@H]4C[C@H]34)[C@H]2C(=O)N1N=Cc1cn(Cc2ccc(F)cc2)c2ccccc12. The third-order valence-corrected chi connectivity index (χ3v) is 8.04. The summed E-state index contributed by atoms with van der Waals surface area (Å²) in [5, 5.41) is 6.53. The number of carbonyl (C=O) groups excluding carboxylic acids is 2. The maximum Gasteiger partial charge on any atom is 0.254 e. The fourth-order valence-electron chi connectivity index (χ4n) is 6.47. The second-order valence-corrected chi connectivity index (χ2v) is 9.74. The van der Waals surface area contributed by atoms with Gasteiger partial charge in [-0.1, -0.05) is 42.5 Å². The molecule has 2 aromatic carbocycles. The minimum Gasteiger partial charge on any atom is -0.342 e. The van der Waals surface area contributed by atoms with Crippen LogP contribution < -0.4 is 0 Å². The lowest BCUT2D eigenvalue weighted by molar-refractivity contribution is -0.140. The van der Waals surface area contributed by atoms with Crippen molar-refractivity contribution in [2.75, 3.05) is 0 Å². The molecule has 3 fully saturated rings. The molecule has 1 aliphatic heterocycles. The van der Waals surface area contributed by atoms with E-state index in [4.69, 9.17) is 0 Å². The number of carbonyl (C=O) groups is 2. The maximum absolute atomic E-state index is 13.3. The van der Waals surface area contributed by atoms with Crippen LogP contribution in [0.1, 0.15) is 17.5 Å². The number of amides is 2. The molecular weight excluding hydrogens is 417 g/mol. The molecule has 6 atom stereocenters. The standard InChI is InChI=1S/C27H22FN3O2/c28-17-7-5-15(6-8-17)13-30-14-16(18-3-1-2-4-23(18)30)12-29-31-26(32)24-19-9-10-20(22-11-21(19)22)25(24)27(31)33/h1-10,12,14,19-22,24-25H,11,13H2/t19-,20-,21-,22+,24+,25+/m0/s1. The summed E-state index contributed by atoms with van der Waals surface area (Å²) in [5.41, 5.74) is 2.83. The summed E-state index contributed by atoms with van der Waals surface area (Å²) in [6, 6.07) is 14.4. The lowest BCUT2D eigenvalue weighted by Gasteiger charge is -2.37. The highest BCUT2D eigenvalue weighted by molar-refractivity contribution is 6.07. The molecule has 0 unspecified atom stereocenters. The molecule has 4 aliphatic carbocycles. The molecule has 0 spiro atoms. The minimum absolute atomic E-state index is 0.152. The van der Waals surface area contributed by atoms with E-state index >= 15 is 0 Å². The van der Waals surface area contributed by atoms with Gasteiger partial charge in [0.15, 0.2) is 0 Å². The van der Waals surface area contributed by atoms with Crippen LogP contribution in [0.4, 0.5) is 4.39 Å². The van der Waals surface area contributed by atoms with Crippen molar-refractivity contribution >= 4 is 28.9 Å². The van der Waals surface area contributed by atoms with Crippen LogP contribution in [0.2, 0.25) is 0 Å². The lowest BCUT2D eigenvalue weighted by atomic mass is 9.63. The topological polar surface area (TPSA) is 54.7 Å². The normalized spacial score (nSPS) is 31.6. The van der Waals surface area contributed by atoms with Gasteiger partial charge in [0.25, 0.3) is 11.8 Å². The average molecular weight is 439 g/mol. The van der Waals surface area contributed by atoms with Gasteiger partial charge in [-0.05, 0) is 53.9 Å². The minimum atomic E-state index is -0.259. The zero-order valence-electron chi connectivity index (χ0n) is 17.8. The zero-order valence-corrected chi connectivity index (χ0v) is 17.8. The summed E-state index contributed by atoms with van der Waals surface area (Å²) in [6.45, 7) is 0.582. The van der Waals surface area contributed by atoms with Crippen LogP contribution in [0.3, 0.4) is 0 Å². The van der Waals surface area contributed by atoms with Gasteiger partial charge in [-0.25, -0.2) is 4.39 Å². The summed E-state index contributed by atoms with van der Waals surface area (Å²) < 4.78 is 15.4. The third kappa shape index (κ3) is 2.73. The van der Waals surface area contributed by atoms with Gasteiger partial charge >= 0.3 is 0 Å². The Bertz CT molecular complexity index is 1340. The van der Waals surface area contributed by atoms with Gasteiger partial charge in [-0.3, -0.25) is 9.59 Å². The van der Waals surface area contributed by atoms with Crippen LogP contribution in [0.25, 0.3) is 10.9 Å². The van der Waals surface area contributed by atoms with E-state index in [1.54, 1.807) is 18.3 Å². The number of rotatable bonds is 4. The van der Waals surface area contributed by atoms with Crippen LogP contribution in [0.5, 0.6) is 0 Å². The predicted octanol–water partition coefficient (Wildman–Crippen LogP) is 4.22. The number of hydrogen-bond donors (Lipinski definition) is 0. The molecule has 164 valence electrons. The summed E-state index contributed by atoms with van der Waals surface area (Å²) in [7, 11) is 0. The van der Waals surface area contributed by atoms with Gasteiger partial charge in [0.2, 0.25) is 0 Å². The molecule has 0 radical (unpaired) electrons. The molecule has 2 heterocycles. The van der Waals surface area contributed by atoms with E-state index in [0.29, 0.717) is 18.4 Å². The number of halogens is 1. The second kappa shape index (κ2) is 6.73. The smallest absolute Gasteiger partial charge is 0.254 e. The number of nitrogens with zero attached hydrogens (tertiary/aromatic N) is 3. The van der Waals surface area contributed by atoms with Crippen molar-refractivity contribution in [3.05, 3.63) is 83.8 Å². The first kappa shape index (κ1) is 19.0. The van der Waals surface area contributed by atoms with E-state index in [1.165, 1.54) is 12.1 Å². The Balaban J connectivity index is 1.20. The summed E-state index contributed by atoms with van der Waals surface area (Å²) in [5.74, 6) is 0.491. The van der Waals surface area contributed by atoms with Gasteiger partial charge in [-0.2, -0.15) is 10.1 Å². The van der Waals surface area contributed by atoms with Crippen LogP contribution in [-0.4, -0.2) is 27.6 Å². The van der Waals surface area contributed by atoms with Crippen molar-refractivity contribution in [1.82, 2.24) is 9.58 Å². The Morgan fingerprint density at radius 1 is 0.939 bits per heavy atom. The fourth-order valence-corrected chi connectivity index (χ4v) is 6.47. The molecule has 5 nitrogen and oxygen atoms in total. The van der Waals surface area contributed by atoms with Crippen molar-refractivity contribution in [3.63, 3.8) is 0 Å². The molecule has 0 N–H and O–H groups in total. The third-order valence-electron chi connectivity index (χ3n) is 8.04. The van der Waals surface area contributed by atoms with E-state index < -0.39 is 0 Å². The van der Waals surface area contributed by atoms with Crippen molar-refractivity contribution < 1.29 is 14.0 Å². The van der Waals surface area contributed by atoms with E-state index in [1.807, 2.05) is 30.5 Å². The fraction of sp³-hybridized carbons (Fsp3) is 0.296. The molecule has 3 aromatic rings. The molecule has 33 heavy (non-hydrogen) atoms. The number of imide groups is 1. The highest BCUT2D eigenvalue weighted by Gasteiger charge is 2.67. The largest absolute Gasteiger partial charge is 0.342 e. The number of hydrogen-bond acceptors (Lipinski definition) is 3. The Kier molecular flexibility index (Phi) is 3.87. The Hall–Kier alpha value is -3.54. The Labute approximate surface area is 190 Å². The first-order valence-corrected chi connectivity index (χ1v) is 11.5. The lowest BCUT2D eigenvalue weighted by Crippen LogP contribution is -2.40. The van der Waals surface area contributed by atoms with Gasteiger partial charge in [0.05, 0.1) is 18.1 Å². The van der Waals surface area contributed by atoms with Crippen molar-refractivity contribution in [2.45, 2.75) is 13.0 Å². The zero-order chi connectivity index (χ0) is 22.3. The van der Waals surface area contributed by atoms with Crippen molar-refractivity contribution in [3.8, 4) is 0 Å².